The molecule has 0 unspecified atom stereocenters. The molecule has 3 aromatic rings. The highest BCUT2D eigenvalue weighted by Crippen LogP contribution is 2.20. The number of para-hydroxylation sites is 1. The van der Waals surface area contributed by atoms with Gasteiger partial charge in [-0.3, -0.25) is 14.3 Å². The zero-order valence-electron chi connectivity index (χ0n) is 14.3. The highest BCUT2D eigenvalue weighted by Gasteiger charge is 2.22. The molecule has 3 heterocycles. The number of aryl methyl sites for hydroxylation is 1. The van der Waals surface area contributed by atoms with Gasteiger partial charge in [-0.25, -0.2) is 4.98 Å². The summed E-state index contributed by atoms with van der Waals surface area (Å²) in [7, 11) is 0. The van der Waals surface area contributed by atoms with E-state index >= 15 is 0 Å². The first-order valence-corrected chi connectivity index (χ1v) is 8.64. The number of aromatic nitrogens is 4. The minimum Gasteiger partial charge on any atom is -0.427 e. The molecule has 0 spiro atoms. The number of rotatable bonds is 4. The molecule has 0 amide bonds. The summed E-state index contributed by atoms with van der Waals surface area (Å²) in [5, 5.41) is 8.35. The maximum atomic E-state index is 12.8. The van der Waals surface area contributed by atoms with Crippen LogP contribution in [-0.4, -0.2) is 37.7 Å². The van der Waals surface area contributed by atoms with Crippen LogP contribution in [0.3, 0.4) is 0 Å². The first-order valence-electron chi connectivity index (χ1n) is 8.64. The van der Waals surface area contributed by atoms with Crippen molar-refractivity contribution in [2.75, 3.05) is 13.1 Å². The van der Waals surface area contributed by atoms with Gasteiger partial charge in [0, 0.05) is 6.54 Å². The van der Waals surface area contributed by atoms with Crippen molar-refractivity contribution < 1.29 is 4.42 Å². The zero-order valence-corrected chi connectivity index (χ0v) is 14.3. The van der Waals surface area contributed by atoms with Gasteiger partial charge < -0.3 is 4.42 Å². The van der Waals surface area contributed by atoms with Gasteiger partial charge in [0.05, 0.1) is 17.4 Å². The largest absolute Gasteiger partial charge is 0.427 e. The molecule has 1 aliphatic rings. The molecule has 0 N–H and O–H groups in total. The van der Waals surface area contributed by atoms with E-state index in [0.29, 0.717) is 23.7 Å². The molecule has 7 nitrogen and oxygen atoms in total. The molecule has 130 valence electrons. The van der Waals surface area contributed by atoms with Crippen LogP contribution in [0.15, 0.2) is 39.9 Å². The van der Waals surface area contributed by atoms with Crippen LogP contribution in [0.25, 0.3) is 10.9 Å². The number of nitrogens with zero attached hydrogens (tertiary/aromatic N) is 5. The smallest absolute Gasteiger partial charge is 0.261 e. The molecule has 1 aliphatic heterocycles. The molecule has 7 heteroatoms. The summed E-state index contributed by atoms with van der Waals surface area (Å²) in [5.74, 6) is 1.93. The Hall–Kier alpha value is -2.54. The Balaban J connectivity index is 1.45. The zero-order chi connectivity index (χ0) is 17.2. The molecule has 0 radical (unpaired) electrons. The third-order valence-corrected chi connectivity index (χ3v) is 4.96. The Morgan fingerprint density at radius 3 is 2.80 bits per heavy atom. The predicted molar refractivity (Wildman–Crippen MR) is 93.0 cm³/mol. The van der Waals surface area contributed by atoms with Crippen LogP contribution in [0.2, 0.25) is 0 Å². The van der Waals surface area contributed by atoms with Crippen molar-refractivity contribution in [2.45, 2.75) is 32.9 Å². The first-order chi connectivity index (χ1) is 12.2. The Bertz CT molecular complexity index is 911. The summed E-state index contributed by atoms with van der Waals surface area (Å²) in [5.41, 5.74) is 0.840. The van der Waals surface area contributed by atoms with Gasteiger partial charge in [0.1, 0.15) is 5.82 Å². The van der Waals surface area contributed by atoms with E-state index in [2.05, 4.69) is 20.1 Å². The van der Waals surface area contributed by atoms with Crippen molar-refractivity contribution in [3.63, 3.8) is 0 Å². The molecule has 0 saturated carbocycles. The SMILES string of the molecule is Cc1nc2ccccc2c(=O)n1CC1CCN(Cc2nnco2)CC1. The highest BCUT2D eigenvalue weighted by molar-refractivity contribution is 5.77. The number of benzene rings is 1. The van der Waals surface area contributed by atoms with Gasteiger partial charge in [-0.1, -0.05) is 12.1 Å². The van der Waals surface area contributed by atoms with Crippen LogP contribution in [0.4, 0.5) is 0 Å². The molecule has 2 aromatic heterocycles. The maximum absolute atomic E-state index is 12.8. The Morgan fingerprint density at radius 1 is 1.24 bits per heavy atom. The second-order valence-electron chi connectivity index (χ2n) is 6.64. The van der Waals surface area contributed by atoms with Gasteiger partial charge in [0.25, 0.3) is 5.56 Å². The number of piperidine rings is 1. The molecular weight excluding hydrogens is 318 g/mol. The molecule has 1 fully saturated rings. The van der Waals surface area contributed by atoms with E-state index in [9.17, 15) is 4.79 Å². The van der Waals surface area contributed by atoms with Crippen molar-refractivity contribution in [2.24, 2.45) is 5.92 Å². The quantitative estimate of drug-likeness (QED) is 0.723. The van der Waals surface area contributed by atoms with E-state index < -0.39 is 0 Å². The van der Waals surface area contributed by atoms with Crippen molar-refractivity contribution >= 4 is 10.9 Å². The van der Waals surface area contributed by atoms with E-state index in [1.54, 1.807) is 0 Å². The minimum atomic E-state index is 0.0661. The predicted octanol–water partition coefficient (Wildman–Crippen LogP) is 2.00. The average molecular weight is 339 g/mol. The third-order valence-electron chi connectivity index (χ3n) is 4.96. The van der Waals surface area contributed by atoms with Crippen LogP contribution < -0.4 is 5.56 Å². The van der Waals surface area contributed by atoms with E-state index in [0.717, 1.165) is 43.8 Å². The summed E-state index contributed by atoms with van der Waals surface area (Å²) < 4.78 is 7.05. The van der Waals surface area contributed by atoms with Crippen LogP contribution in [0.1, 0.15) is 24.6 Å². The first kappa shape index (κ1) is 16.0. The molecule has 0 aliphatic carbocycles. The fraction of sp³-hybridized carbons (Fsp3) is 0.444. The lowest BCUT2D eigenvalue weighted by Crippen LogP contribution is -2.36. The fourth-order valence-electron chi connectivity index (χ4n) is 3.54. The van der Waals surface area contributed by atoms with Gasteiger partial charge in [-0.15, -0.1) is 10.2 Å². The van der Waals surface area contributed by atoms with Crippen molar-refractivity contribution in [3.05, 3.63) is 52.7 Å². The van der Waals surface area contributed by atoms with Gasteiger partial charge >= 0.3 is 0 Å². The second kappa shape index (κ2) is 6.76. The lowest BCUT2D eigenvalue weighted by atomic mass is 9.96. The Labute approximate surface area is 145 Å². The van der Waals surface area contributed by atoms with Crippen molar-refractivity contribution in [1.29, 1.82) is 0 Å². The molecule has 1 aromatic carbocycles. The summed E-state index contributed by atoms with van der Waals surface area (Å²) in [6.07, 6.45) is 3.46. The topological polar surface area (TPSA) is 77.1 Å². The van der Waals surface area contributed by atoms with Gasteiger partial charge in [0.15, 0.2) is 0 Å². The molecule has 0 bridgehead atoms. The fourth-order valence-corrected chi connectivity index (χ4v) is 3.54. The number of likely N-dealkylation sites (tertiary alicyclic amines) is 1. The lowest BCUT2D eigenvalue weighted by Gasteiger charge is -2.31. The molecule has 0 atom stereocenters. The van der Waals surface area contributed by atoms with E-state index in [1.165, 1.54) is 6.39 Å². The number of hydrogen-bond donors (Lipinski definition) is 0. The van der Waals surface area contributed by atoms with E-state index in [4.69, 9.17) is 4.42 Å². The molecule has 4 rings (SSSR count). The second-order valence-corrected chi connectivity index (χ2v) is 6.64. The highest BCUT2D eigenvalue weighted by atomic mass is 16.4. The van der Waals surface area contributed by atoms with Crippen LogP contribution in [0.5, 0.6) is 0 Å². The average Bonchev–Trinajstić information content (AvgIpc) is 3.13. The minimum absolute atomic E-state index is 0.0661. The molecular formula is C18H21N5O2. The van der Waals surface area contributed by atoms with Crippen molar-refractivity contribution in [1.82, 2.24) is 24.6 Å². The number of fused-ring (bicyclic) bond motifs is 1. The Kier molecular flexibility index (Phi) is 4.31. The number of hydrogen-bond acceptors (Lipinski definition) is 6. The standard InChI is InChI=1S/C18H21N5O2/c1-13-20-16-5-3-2-4-15(16)18(24)23(13)10-14-6-8-22(9-7-14)11-17-21-19-12-25-17/h2-5,12,14H,6-11H2,1H3. The maximum Gasteiger partial charge on any atom is 0.261 e. The Morgan fingerprint density at radius 2 is 2.04 bits per heavy atom. The molecule has 25 heavy (non-hydrogen) atoms. The summed E-state index contributed by atoms with van der Waals surface area (Å²) in [6, 6.07) is 7.55. The monoisotopic (exact) mass is 339 g/mol. The lowest BCUT2D eigenvalue weighted by molar-refractivity contribution is 0.154. The summed E-state index contributed by atoms with van der Waals surface area (Å²) in [4.78, 5) is 19.7. The van der Waals surface area contributed by atoms with Crippen molar-refractivity contribution in [3.8, 4) is 0 Å². The third kappa shape index (κ3) is 3.32. The normalized spacial score (nSPS) is 16.5. The van der Waals surface area contributed by atoms with Crippen LogP contribution >= 0.6 is 0 Å². The summed E-state index contributed by atoms with van der Waals surface area (Å²) >= 11 is 0. The molecule has 1 saturated heterocycles. The van der Waals surface area contributed by atoms with Crippen LogP contribution in [-0.2, 0) is 13.1 Å². The van der Waals surface area contributed by atoms with Gasteiger partial charge in [0.2, 0.25) is 12.3 Å². The van der Waals surface area contributed by atoms with Gasteiger partial charge in [-0.05, 0) is 50.9 Å². The van der Waals surface area contributed by atoms with E-state index in [1.807, 2.05) is 35.8 Å². The van der Waals surface area contributed by atoms with E-state index in [-0.39, 0.29) is 5.56 Å². The summed E-state index contributed by atoms with van der Waals surface area (Å²) in [6.45, 7) is 5.29. The van der Waals surface area contributed by atoms with Gasteiger partial charge in [-0.2, -0.15) is 0 Å². The van der Waals surface area contributed by atoms with Crippen LogP contribution in [0, 0.1) is 12.8 Å².